The number of aromatic nitrogens is 1. The van der Waals surface area contributed by atoms with Gasteiger partial charge in [0.2, 0.25) is 0 Å². The van der Waals surface area contributed by atoms with Gasteiger partial charge < -0.3 is 4.98 Å². The second-order valence-corrected chi connectivity index (χ2v) is 8.28. The van der Waals surface area contributed by atoms with E-state index in [1.165, 1.54) is 0 Å². The molecular formula is C30H21NO. The van der Waals surface area contributed by atoms with Crippen LogP contribution < -0.4 is 0 Å². The number of fused-ring (bicyclic) bond motifs is 4. The highest BCUT2D eigenvalue weighted by Gasteiger charge is 2.23. The lowest BCUT2D eigenvalue weighted by Gasteiger charge is -2.15. The van der Waals surface area contributed by atoms with Crippen molar-refractivity contribution in [2.24, 2.45) is 0 Å². The van der Waals surface area contributed by atoms with E-state index < -0.39 is 0 Å². The first-order valence-corrected chi connectivity index (χ1v) is 10.8. The van der Waals surface area contributed by atoms with Crippen molar-refractivity contribution in [3.8, 4) is 11.1 Å². The molecule has 1 aromatic heterocycles. The highest BCUT2D eigenvalue weighted by molar-refractivity contribution is 6.32. The van der Waals surface area contributed by atoms with E-state index in [4.69, 9.17) is 0 Å². The molecule has 0 radical (unpaired) electrons. The van der Waals surface area contributed by atoms with Gasteiger partial charge in [-0.3, -0.25) is 4.79 Å². The Bertz CT molecular complexity index is 1620. The van der Waals surface area contributed by atoms with Crippen LogP contribution >= 0.6 is 0 Å². The Labute approximate surface area is 186 Å². The maximum atomic E-state index is 13.9. The smallest absolute Gasteiger partial charge is 0.195 e. The third-order valence-electron chi connectivity index (χ3n) is 6.28. The van der Waals surface area contributed by atoms with E-state index >= 15 is 0 Å². The molecule has 0 saturated carbocycles. The van der Waals surface area contributed by atoms with Gasteiger partial charge in [0.25, 0.3) is 0 Å². The van der Waals surface area contributed by atoms with Gasteiger partial charge in [0, 0.05) is 21.9 Å². The number of para-hydroxylation sites is 1. The minimum atomic E-state index is 0.0392. The minimum Gasteiger partial charge on any atom is -0.354 e. The van der Waals surface area contributed by atoms with Gasteiger partial charge in [-0.1, -0.05) is 103 Å². The first-order valence-electron chi connectivity index (χ1n) is 10.8. The van der Waals surface area contributed by atoms with E-state index in [0.29, 0.717) is 5.56 Å². The number of benzene rings is 5. The van der Waals surface area contributed by atoms with Crippen molar-refractivity contribution in [3.63, 3.8) is 0 Å². The summed E-state index contributed by atoms with van der Waals surface area (Å²) < 4.78 is 0. The molecule has 1 heterocycles. The molecule has 2 nitrogen and oxygen atoms in total. The van der Waals surface area contributed by atoms with Crippen molar-refractivity contribution >= 4 is 38.4 Å². The average Bonchev–Trinajstić information content (AvgIpc) is 3.22. The molecular weight excluding hydrogens is 390 g/mol. The molecule has 2 heteroatoms. The summed E-state index contributed by atoms with van der Waals surface area (Å²) in [6, 6.07) is 34.8. The third-order valence-corrected chi connectivity index (χ3v) is 6.28. The number of H-pyrrole nitrogens is 1. The summed E-state index contributed by atoms with van der Waals surface area (Å²) in [6.45, 7) is 2.04. The van der Waals surface area contributed by atoms with Crippen LogP contribution in [0.1, 0.15) is 21.5 Å². The number of carbonyl (C=O) groups excluding carboxylic acids is 1. The predicted octanol–water partition coefficient (Wildman–Crippen LogP) is 7.68. The van der Waals surface area contributed by atoms with Crippen molar-refractivity contribution in [2.75, 3.05) is 0 Å². The Hall–Kier alpha value is -4.17. The topological polar surface area (TPSA) is 32.9 Å². The molecule has 0 fully saturated rings. The summed E-state index contributed by atoms with van der Waals surface area (Å²) in [5, 5.41) is 4.29. The maximum Gasteiger partial charge on any atom is 0.195 e. The number of ketones is 1. The van der Waals surface area contributed by atoms with Crippen molar-refractivity contribution in [1.82, 2.24) is 4.98 Å². The molecule has 0 aliphatic heterocycles. The molecule has 0 unspecified atom stereocenters. The van der Waals surface area contributed by atoms with Crippen LogP contribution in [0.3, 0.4) is 0 Å². The van der Waals surface area contributed by atoms with E-state index in [1.807, 2.05) is 49.4 Å². The average molecular weight is 412 g/mol. The van der Waals surface area contributed by atoms with E-state index in [0.717, 1.165) is 54.8 Å². The number of hydrogen-bond acceptors (Lipinski definition) is 1. The standard InChI is InChI=1S/C30H21NO/c1-19-15-17-21(18-16-19)30(32)28-23-12-6-5-11-22(23)26(20-9-3-2-4-10-20)27-24-13-7-8-14-25(24)31-29(27)28/h2-18,31H,1H3. The lowest BCUT2D eigenvalue weighted by Crippen LogP contribution is -2.04. The van der Waals surface area contributed by atoms with Crippen LogP contribution in [0.25, 0.3) is 43.7 Å². The fourth-order valence-electron chi connectivity index (χ4n) is 4.77. The number of hydrogen-bond donors (Lipinski definition) is 1. The zero-order valence-electron chi connectivity index (χ0n) is 17.7. The monoisotopic (exact) mass is 411 g/mol. The van der Waals surface area contributed by atoms with Crippen LogP contribution in [0, 0.1) is 6.92 Å². The van der Waals surface area contributed by atoms with Gasteiger partial charge >= 0.3 is 0 Å². The summed E-state index contributed by atoms with van der Waals surface area (Å²) >= 11 is 0. The molecule has 1 N–H and O–H groups in total. The van der Waals surface area contributed by atoms with Crippen molar-refractivity contribution in [1.29, 1.82) is 0 Å². The van der Waals surface area contributed by atoms with Gasteiger partial charge in [0.15, 0.2) is 5.78 Å². The number of carbonyl (C=O) groups is 1. The number of nitrogens with one attached hydrogen (secondary N) is 1. The van der Waals surface area contributed by atoms with Crippen LogP contribution in [0.5, 0.6) is 0 Å². The van der Waals surface area contributed by atoms with E-state index in [9.17, 15) is 4.79 Å². The SMILES string of the molecule is Cc1ccc(C(=O)c2c3ccccc3c(-c3ccccc3)c3c2[nH]c2ccccc23)cc1. The highest BCUT2D eigenvalue weighted by Crippen LogP contribution is 2.43. The largest absolute Gasteiger partial charge is 0.354 e. The minimum absolute atomic E-state index is 0.0392. The van der Waals surface area contributed by atoms with Crippen molar-refractivity contribution < 1.29 is 4.79 Å². The predicted molar refractivity (Wildman–Crippen MR) is 133 cm³/mol. The molecule has 0 bridgehead atoms. The molecule has 0 aliphatic carbocycles. The molecule has 0 amide bonds. The highest BCUT2D eigenvalue weighted by atomic mass is 16.1. The fourth-order valence-corrected chi connectivity index (χ4v) is 4.77. The first-order chi connectivity index (χ1) is 15.7. The van der Waals surface area contributed by atoms with Gasteiger partial charge in [0.05, 0.1) is 11.1 Å². The van der Waals surface area contributed by atoms with E-state index in [2.05, 4.69) is 65.6 Å². The fraction of sp³-hybridized carbons (Fsp3) is 0.0333. The van der Waals surface area contributed by atoms with Crippen LogP contribution in [-0.4, -0.2) is 10.8 Å². The zero-order chi connectivity index (χ0) is 21.7. The molecule has 0 atom stereocenters. The Balaban J connectivity index is 1.82. The van der Waals surface area contributed by atoms with Crippen LogP contribution in [0.15, 0.2) is 103 Å². The van der Waals surface area contributed by atoms with Crippen LogP contribution in [0.4, 0.5) is 0 Å². The molecule has 0 saturated heterocycles. The molecule has 6 rings (SSSR count). The summed E-state index contributed by atoms with van der Waals surface area (Å²) in [6.07, 6.45) is 0. The molecule has 5 aromatic carbocycles. The lowest BCUT2D eigenvalue weighted by atomic mass is 9.87. The Morgan fingerprint density at radius 2 is 1.28 bits per heavy atom. The number of aromatic amines is 1. The summed E-state index contributed by atoms with van der Waals surface area (Å²) in [7, 11) is 0. The molecule has 32 heavy (non-hydrogen) atoms. The quantitative estimate of drug-likeness (QED) is 0.298. The van der Waals surface area contributed by atoms with Gasteiger partial charge in [-0.05, 0) is 34.9 Å². The summed E-state index contributed by atoms with van der Waals surface area (Å²) in [4.78, 5) is 17.5. The molecule has 152 valence electrons. The lowest BCUT2D eigenvalue weighted by molar-refractivity contribution is 0.104. The van der Waals surface area contributed by atoms with E-state index in [-0.39, 0.29) is 5.78 Å². The number of aryl methyl sites for hydroxylation is 1. The van der Waals surface area contributed by atoms with Crippen LogP contribution in [-0.2, 0) is 0 Å². The second-order valence-electron chi connectivity index (χ2n) is 8.28. The molecule has 0 aliphatic rings. The normalized spacial score (nSPS) is 11.4. The Kier molecular flexibility index (Phi) is 4.19. The first kappa shape index (κ1) is 18.6. The zero-order valence-corrected chi connectivity index (χ0v) is 17.7. The maximum absolute atomic E-state index is 13.9. The Morgan fingerprint density at radius 1 is 0.656 bits per heavy atom. The van der Waals surface area contributed by atoms with Crippen LogP contribution in [0.2, 0.25) is 0 Å². The summed E-state index contributed by atoms with van der Waals surface area (Å²) in [5.41, 5.74) is 6.81. The van der Waals surface area contributed by atoms with Crippen molar-refractivity contribution in [2.45, 2.75) is 6.92 Å². The summed E-state index contributed by atoms with van der Waals surface area (Å²) in [5.74, 6) is 0.0392. The third kappa shape index (κ3) is 2.77. The number of rotatable bonds is 3. The van der Waals surface area contributed by atoms with Gasteiger partial charge in [0.1, 0.15) is 0 Å². The van der Waals surface area contributed by atoms with Gasteiger partial charge in [-0.2, -0.15) is 0 Å². The van der Waals surface area contributed by atoms with E-state index in [1.54, 1.807) is 0 Å². The second kappa shape index (κ2) is 7.21. The molecule has 6 aromatic rings. The van der Waals surface area contributed by atoms with Gasteiger partial charge in [-0.15, -0.1) is 0 Å². The molecule has 0 spiro atoms. The Morgan fingerprint density at radius 3 is 2.03 bits per heavy atom. The van der Waals surface area contributed by atoms with Crippen molar-refractivity contribution in [3.05, 3.63) is 120 Å². The van der Waals surface area contributed by atoms with Gasteiger partial charge in [-0.25, -0.2) is 0 Å².